The molecule has 0 bridgehead atoms. The summed E-state index contributed by atoms with van der Waals surface area (Å²) in [5.41, 5.74) is 0.0751. The Morgan fingerprint density at radius 3 is 2.52 bits per heavy atom. The Labute approximate surface area is 166 Å². The summed E-state index contributed by atoms with van der Waals surface area (Å²) in [5.74, 6) is -2.50. The molecule has 1 aromatic carbocycles. The highest BCUT2D eigenvalue weighted by Gasteiger charge is 2.19. The average molecular weight is 425 g/mol. The maximum Gasteiger partial charge on any atom is 0.276 e. The molecule has 0 aliphatic rings. The van der Waals surface area contributed by atoms with Gasteiger partial charge in [-0.15, -0.1) is 0 Å². The topological polar surface area (TPSA) is 150 Å². The van der Waals surface area contributed by atoms with Gasteiger partial charge in [-0.05, 0) is 30.7 Å². The minimum Gasteiger partial charge on any atom is -0.506 e. The smallest absolute Gasteiger partial charge is 0.276 e. The van der Waals surface area contributed by atoms with Gasteiger partial charge >= 0.3 is 0 Å². The molecule has 0 fully saturated rings. The van der Waals surface area contributed by atoms with E-state index in [1.54, 1.807) is 0 Å². The van der Waals surface area contributed by atoms with Crippen LogP contribution in [0.2, 0.25) is 0 Å². The summed E-state index contributed by atoms with van der Waals surface area (Å²) in [5, 5.41) is 15.0. The predicted octanol–water partition coefficient (Wildman–Crippen LogP) is 0.271. The number of phenols is 1. The van der Waals surface area contributed by atoms with Crippen LogP contribution in [0.1, 0.15) is 26.3 Å². The molecule has 2 aromatic rings. The third-order valence-corrected chi connectivity index (χ3v) is 5.04. The number of aromatic hydroxyl groups is 1. The Kier molecular flexibility index (Phi) is 7.20. The average Bonchev–Trinajstić information content (AvgIpc) is 2.68. The lowest BCUT2D eigenvalue weighted by atomic mass is 10.0. The molecule has 0 saturated heterocycles. The van der Waals surface area contributed by atoms with Crippen LogP contribution in [-0.2, 0) is 10.2 Å². The fourth-order valence-electron chi connectivity index (χ4n) is 2.37. The first-order valence-corrected chi connectivity index (χ1v) is 9.84. The highest BCUT2D eigenvalue weighted by molar-refractivity contribution is 7.87. The van der Waals surface area contributed by atoms with Gasteiger partial charge in [0.1, 0.15) is 5.75 Å². The maximum absolute atomic E-state index is 13.7. The zero-order valence-corrected chi connectivity index (χ0v) is 16.4. The molecular formula is C17H20FN5O5S. The van der Waals surface area contributed by atoms with E-state index in [4.69, 9.17) is 0 Å². The van der Waals surface area contributed by atoms with Crippen molar-refractivity contribution in [2.45, 2.75) is 6.92 Å². The lowest BCUT2D eigenvalue weighted by molar-refractivity contribution is 0.0952. The SMILES string of the molecule is CNS(=O)(=O)NCCNC(=O)c1ccc(O)c(NC(=O)c2ccncc2F)c1C. The first-order chi connectivity index (χ1) is 13.7. The van der Waals surface area contributed by atoms with Gasteiger partial charge in [-0.1, -0.05) is 0 Å². The number of carbonyl (C=O) groups is 2. The number of nitrogens with zero attached hydrogens (tertiary/aromatic N) is 1. The van der Waals surface area contributed by atoms with Gasteiger partial charge in [0, 0.05) is 31.9 Å². The third-order valence-electron chi connectivity index (χ3n) is 3.91. The molecule has 12 heteroatoms. The van der Waals surface area contributed by atoms with Crippen LogP contribution in [0.25, 0.3) is 0 Å². The molecule has 0 unspecified atom stereocenters. The minimum absolute atomic E-state index is 0.00395. The van der Waals surface area contributed by atoms with E-state index in [9.17, 15) is 27.5 Å². The molecule has 0 aliphatic carbocycles. The van der Waals surface area contributed by atoms with Crippen molar-refractivity contribution in [3.8, 4) is 5.75 Å². The van der Waals surface area contributed by atoms with Gasteiger partial charge in [0.25, 0.3) is 22.0 Å². The monoisotopic (exact) mass is 425 g/mol. The molecular weight excluding hydrogens is 405 g/mol. The van der Waals surface area contributed by atoms with E-state index in [-0.39, 0.29) is 41.2 Å². The molecule has 0 aliphatic heterocycles. The van der Waals surface area contributed by atoms with Gasteiger partial charge in [0.15, 0.2) is 5.82 Å². The van der Waals surface area contributed by atoms with Gasteiger partial charge in [-0.25, -0.2) is 13.8 Å². The molecule has 10 nitrogen and oxygen atoms in total. The fraction of sp³-hybridized carbons (Fsp3) is 0.235. The summed E-state index contributed by atoms with van der Waals surface area (Å²) in [7, 11) is -2.37. The van der Waals surface area contributed by atoms with Crippen molar-refractivity contribution in [2.24, 2.45) is 0 Å². The van der Waals surface area contributed by atoms with Gasteiger partial charge in [0.2, 0.25) is 0 Å². The molecule has 0 radical (unpaired) electrons. The van der Waals surface area contributed by atoms with Gasteiger partial charge in [0.05, 0.1) is 17.4 Å². The quantitative estimate of drug-likeness (QED) is 0.303. The zero-order chi connectivity index (χ0) is 21.6. The van der Waals surface area contributed by atoms with Crippen molar-refractivity contribution in [3.05, 3.63) is 53.1 Å². The fourth-order valence-corrected chi connectivity index (χ4v) is 2.89. The summed E-state index contributed by atoms with van der Waals surface area (Å²) in [4.78, 5) is 28.2. The van der Waals surface area contributed by atoms with Gasteiger partial charge in [-0.3, -0.25) is 14.6 Å². The van der Waals surface area contributed by atoms with E-state index in [1.807, 2.05) is 0 Å². The molecule has 1 heterocycles. The number of benzene rings is 1. The van der Waals surface area contributed by atoms with Crippen LogP contribution >= 0.6 is 0 Å². The molecule has 0 spiro atoms. The van der Waals surface area contributed by atoms with Crippen molar-refractivity contribution in [2.75, 3.05) is 25.5 Å². The largest absolute Gasteiger partial charge is 0.506 e. The number of halogens is 1. The summed E-state index contributed by atoms with van der Waals surface area (Å²) in [6.07, 6.45) is 2.13. The minimum atomic E-state index is -3.61. The first kappa shape index (κ1) is 22.2. The van der Waals surface area contributed by atoms with Crippen LogP contribution in [0.5, 0.6) is 5.75 Å². The lowest BCUT2D eigenvalue weighted by Gasteiger charge is -2.15. The second-order valence-corrected chi connectivity index (χ2v) is 7.50. The lowest BCUT2D eigenvalue weighted by Crippen LogP contribution is -2.39. The molecule has 0 atom stereocenters. The molecule has 29 heavy (non-hydrogen) atoms. The number of amides is 2. The summed E-state index contributed by atoms with van der Waals surface area (Å²) in [6, 6.07) is 3.74. The Bertz CT molecular complexity index is 1030. The van der Waals surface area contributed by atoms with Gasteiger partial charge in [-0.2, -0.15) is 8.42 Å². The van der Waals surface area contributed by atoms with E-state index in [0.717, 1.165) is 6.20 Å². The van der Waals surface area contributed by atoms with Crippen molar-refractivity contribution < 1.29 is 27.5 Å². The molecule has 2 amide bonds. The van der Waals surface area contributed by atoms with Crippen LogP contribution in [0.4, 0.5) is 10.1 Å². The third kappa shape index (κ3) is 5.70. The Hall–Kier alpha value is -3.09. The normalized spacial score (nSPS) is 11.1. The Morgan fingerprint density at radius 1 is 1.14 bits per heavy atom. The number of hydrogen-bond acceptors (Lipinski definition) is 6. The van der Waals surface area contributed by atoms with Crippen LogP contribution in [0, 0.1) is 12.7 Å². The standard InChI is InChI=1S/C17H20FN5O5S/c1-10-11(16(25)21-7-8-22-29(27,28)19-2)3-4-14(24)15(10)23-17(26)12-5-6-20-9-13(12)18/h3-6,9,19,22,24H,7-8H2,1-2H3,(H,21,25)(H,23,26). The number of rotatable bonds is 8. The molecule has 156 valence electrons. The van der Waals surface area contributed by atoms with E-state index in [2.05, 4.69) is 25.1 Å². The van der Waals surface area contributed by atoms with Crippen LogP contribution < -0.4 is 20.1 Å². The maximum atomic E-state index is 13.7. The number of anilines is 1. The van der Waals surface area contributed by atoms with E-state index in [0.29, 0.717) is 0 Å². The highest BCUT2D eigenvalue weighted by Crippen LogP contribution is 2.30. The Morgan fingerprint density at radius 2 is 1.86 bits per heavy atom. The Balaban J connectivity index is 2.12. The van der Waals surface area contributed by atoms with Crippen LogP contribution in [0.3, 0.4) is 0 Å². The van der Waals surface area contributed by atoms with E-state index >= 15 is 0 Å². The highest BCUT2D eigenvalue weighted by atomic mass is 32.2. The molecule has 5 N–H and O–H groups in total. The number of carbonyl (C=O) groups excluding carboxylic acids is 2. The van der Waals surface area contributed by atoms with Crippen molar-refractivity contribution in [3.63, 3.8) is 0 Å². The zero-order valence-electron chi connectivity index (χ0n) is 15.6. The van der Waals surface area contributed by atoms with Crippen LogP contribution in [0.15, 0.2) is 30.6 Å². The molecule has 0 saturated carbocycles. The number of phenolic OH excluding ortho intramolecular Hbond substituents is 1. The summed E-state index contributed by atoms with van der Waals surface area (Å²) < 4.78 is 40.5. The summed E-state index contributed by atoms with van der Waals surface area (Å²) >= 11 is 0. The second kappa shape index (κ2) is 9.41. The summed E-state index contributed by atoms with van der Waals surface area (Å²) in [6.45, 7) is 1.46. The van der Waals surface area contributed by atoms with Crippen molar-refractivity contribution >= 4 is 27.7 Å². The number of nitrogens with one attached hydrogen (secondary N) is 4. The van der Waals surface area contributed by atoms with Crippen LogP contribution in [-0.4, -0.2) is 50.5 Å². The van der Waals surface area contributed by atoms with Crippen molar-refractivity contribution in [1.82, 2.24) is 19.7 Å². The van der Waals surface area contributed by atoms with E-state index in [1.165, 1.54) is 38.4 Å². The molecule has 2 rings (SSSR count). The van der Waals surface area contributed by atoms with E-state index < -0.39 is 27.8 Å². The number of hydrogen-bond donors (Lipinski definition) is 5. The second-order valence-electron chi connectivity index (χ2n) is 5.80. The number of aromatic nitrogens is 1. The predicted molar refractivity (Wildman–Crippen MR) is 103 cm³/mol. The number of pyridine rings is 1. The first-order valence-electron chi connectivity index (χ1n) is 8.36. The van der Waals surface area contributed by atoms with Gasteiger partial charge < -0.3 is 15.7 Å². The molecule has 1 aromatic heterocycles. The van der Waals surface area contributed by atoms with Crippen molar-refractivity contribution in [1.29, 1.82) is 0 Å².